The van der Waals surface area contributed by atoms with Crippen molar-refractivity contribution >= 4 is 30.1 Å². The second-order valence-electron chi connectivity index (χ2n) is 9.47. The van der Waals surface area contributed by atoms with Gasteiger partial charge in [0.05, 0.1) is 10.6 Å². The van der Waals surface area contributed by atoms with Crippen molar-refractivity contribution in [3.8, 4) is 11.5 Å². The molecule has 0 spiro atoms. The lowest BCUT2D eigenvalue weighted by molar-refractivity contribution is 0.0873. The number of amides is 1. The van der Waals surface area contributed by atoms with Gasteiger partial charge in [0.1, 0.15) is 11.5 Å². The van der Waals surface area contributed by atoms with Crippen LogP contribution in [-0.4, -0.2) is 35.6 Å². The SMILES string of the molecule is C=NN/N=C(\N)c1ccccc1Oc1ccc(C(=O)NC2CC(C)(C)NC(C)(C)C2)cc1Cl. The zero-order valence-corrected chi connectivity index (χ0v) is 20.2. The molecule has 0 radical (unpaired) electrons. The molecule has 1 amide bonds. The predicted molar refractivity (Wildman–Crippen MR) is 133 cm³/mol. The van der Waals surface area contributed by atoms with Crippen LogP contribution in [-0.2, 0) is 0 Å². The van der Waals surface area contributed by atoms with Gasteiger partial charge in [-0.25, -0.2) is 0 Å². The number of hydrogen-bond donors (Lipinski definition) is 4. The normalized spacial score (nSPS) is 17.8. The van der Waals surface area contributed by atoms with Gasteiger partial charge in [-0.2, -0.15) is 10.6 Å². The monoisotopic (exact) mass is 470 g/mol. The van der Waals surface area contributed by atoms with E-state index in [1.54, 1.807) is 30.3 Å². The standard InChI is InChI=1S/C24H31ClN6O2/c1-23(2)13-16(14-24(3,4)30-23)28-22(32)15-10-11-20(18(25)12-15)33-19-9-7-6-8-17(19)21(26)29-31-27-5/h6-12,16,30-31H,5,13-14H2,1-4H3,(H2,26,29)(H,28,32). The summed E-state index contributed by atoms with van der Waals surface area (Å²) in [5, 5.41) is 14.4. The second kappa shape index (κ2) is 9.80. The van der Waals surface area contributed by atoms with E-state index in [1.807, 2.05) is 12.1 Å². The molecule has 0 atom stereocenters. The number of amidine groups is 1. The first-order valence-electron chi connectivity index (χ1n) is 10.7. The number of carbonyl (C=O) groups excluding carboxylic acids is 1. The summed E-state index contributed by atoms with van der Waals surface area (Å²) >= 11 is 6.46. The highest BCUT2D eigenvalue weighted by Crippen LogP contribution is 2.33. The summed E-state index contributed by atoms with van der Waals surface area (Å²) in [7, 11) is 0. The Balaban J connectivity index is 1.75. The fraction of sp³-hybridized carbons (Fsp3) is 0.375. The van der Waals surface area contributed by atoms with Crippen LogP contribution in [0.15, 0.2) is 52.7 Å². The molecule has 8 nitrogen and oxygen atoms in total. The van der Waals surface area contributed by atoms with Gasteiger partial charge in [-0.3, -0.25) is 4.79 Å². The van der Waals surface area contributed by atoms with Crippen LogP contribution in [0.3, 0.4) is 0 Å². The lowest BCUT2D eigenvalue weighted by atomic mass is 9.79. The fourth-order valence-corrected chi connectivity index (χ4v) is 4.67. The van der Waals surface area contributed by atoms with Crippen LogP contribution in [0.5, 0.6) is 11.5 Å². The van der Waals surface area contributed by atoms with Gasteiger partial charge in [-0.15, -0.1) is 5.10 Å². The first-order chi connectivity index (χ1) is 15.5. The van der Waals surface area contributed by atoms with E-state index in [-0.39, 0.29) is 28.9 Å². The van der Waals surface area contributed by atoms with Crippen molar-refractivity contribution in [1.29, 1.82) is 0 Å². The molecule has 1 aliphatic heterocycles. The summed E-state index contributed by atoms with van der Waals surface area (Å²) in [5.74, 6) is 0.870. The molecule has 1 saturated heterocycles. The smallest absolute Gasteiger partial charge is 0.251 e. The van der Waals surface area contributed by atoms with Crippen LogP contribution in [0.2, 0.25) is 5.02 Å². The number of ether oxygens (including phenoxy) is 1. The summed E-state index contributed by atoms with van der Waals surface area (Å²) in [6, 6.07) is 12.2. The van der Waals surface area contributed by atoms with Crippen molar-refractivity contribution in [2.45, 2.75) is 57.7 Å². The maximum Gasteiger partial charge on any atom is 0.251 e. The predicted octanol–water partition coefficient (Wildman–Crippen LogP) is 4.00. The van der Waals surface area contributed by atoms with Crippen LogP contribution in [0.1, 0.15) is 56.5 Å². The van der Waals surface area contributed by atoms with Gasteiger partial charge >= 0.3 is 0 Å². The molecular weight excluding hydrogens is 440 g/mol. The maximum atomic E-state index is 12.9. The van der Waals surface area contributed by atoms with Gasteiger partial charge in [0, 0.05) is 29.4 Å². The molecule has 33 heavy (non-hydrogen) atoms. The largest absolute Gasteiger partial charge is 0.455 e. The van der Waals surface area contributed by atoms with Gasteiger partial charge < -0.3 is 21.1 Å². The highest BCUT2D eigenvalue weighted by molar-refractivity contribution is 6.32. The van der Waals surface area contributed by atoms with E-state index >= 15 is 0 Å². The van der Waals surface area contributed by atoms with Crippen molar-refractivity contribution in [1.82, 2.24) is 16.2 Å². The van der Waals surface area contributed by atoms with Crippen molar-refractivity contribution in [3.05, 3.63) is 58.6 Å². The number of nitrogens with two attached hydrogens (primary N) is 1. The number of hydrogen-bond acceptors (Lipinski definition) is 6. The first-order valence-corrected chi connectivity index (χ1v) is 11.1. The van der Waals surface area contributed by atoms with Crippen LogP contribution in [0.25, 0.3) is 0 Å². The molecule has 1 aliphatic rings. The van der Waals surface area contributed by atoms with Crippen molar-refractivity contribution < 1.29 is 9.53 Å². The number of halogens is 1. The average molecular weight is 471 g/mol. The molecule has 1 heterocycles. The summed E-state index contributed by atoms with van der Waals surface area (Å²) in [6.07, 6.45) is 1.68. The van der Waals surface area contributed by atoms with Gasteiger partial charge in [-0.05, 0) is 70.9 Å². The Morgan fingerprint density at radius 3 is 2.45 bits per heavy atom. The minimum atomic E-state index is -0.165. The molecule has 0 aromatic heterocycles. The van der Waals surface area contributed by atoms with E-state index in [4.69, 9.17) is 22.1 Å². The molecule has 5 N–H and O–H groups in total. The van der Waals surface area contributed by atoms with Gasteiger partial charge in [0.2, 0.25) is 0 Å². The molecule has 1 fully saturated rings. The van der Waals surface area contributed by atoms with Crippen molar-refractivity contribution in [2.24, 2.45) is 15.9 Å². The Bertz CT molecular complexity index is 1050. The topological polar surface area (TPSA) is 113 Å². The van der Waals surface area contributed by atoms with E-state index in [2.05, 4.69) is 60.8 Å². The maximum absolute atomic E-state index is 12.9. The second-order valence-corrected chi connectivity index (χ2v) is 9.88. The van der Waals surface area contributed by atoms with Gasteiger partial charge in [-0.1, -0.05) is 23.7 Å². The Morgan fingerprint density at radius 2 is 1.82 bits per heavy atom. The molecule has 0 bridgehead atoms. The van der Waals surface area contributed by atoms with E-state index in [0.717, 1.165) is 12.8 Å². The number of nitrogens with zero attached hydrogens (tertiary/aromatic N) is 2. The Labute approximate surface area is 199 Å². The molecule has 0 saturated carbocycles. The number of nitrogens with one attached hydrogen (secondary N) is 3. The van der Waals surface area contributed by atoms with E-state index in [0.29, 0.717) is 27.6 Å². The summed E-state index contributed by atoms with van der Waals surface area (Å²) in [6.45, 7) is 11.9. The molecule has 3 rings (SSSR count). The first kappa shape index (κ1) is 24.5. The number of rotatable bonds is 7. The van der Waals surface area contributed by atoms with E-state index in [9.17, 15) is 4.79 Å². The van der Waals surface area contributed by atoms with E-state index < -0.39 is 0 Å². The van der Waals surface area contributed by atoms with Crippen LogP contribution >= 0.6 is 11.6 Å². The van der Waals surface area contributed by atoms with Crippen LogP contribution in [0, 0.1) is 0 Å². The average Bonchev–Trinajstić information content (AvgIpc) is 2.71. The van der Waals surface area contributed by atoms with Crippen LogP contribution in [0.4, 0.5) is 0 Å². The summed E-state index contributed by atoms with van der Waals surface area (Å²) < 4.78 is 5.97. The Hall–Kier alpha value is -3.10. The minimum Gasteiger partial charge on any atom is -0.455 e. The molecule has 0 aliphatic carbocycles. The molecule has 2 aromatic carbocycles. The lowest BCUT2D eigenvalue weighted by Gasteiger charge is -2.46. The third-order valence-corrected chi connectivity index (χ3v) is 5.64. The highest BCUT2D eigenvalue weighted by Gasteiger charge is 2.38. The number of benzene rings is 2. The number of hydrazone groups is 2. The Morgan fingerprint density at radius 1 is 1.15 bits per heavy atom. The molecule has 9 heteroatoms. The number of para-hydroxylation sites is 1. The molecule has 2 aromatic rings. The number of carbonyl (C=O) groups is 1. The molecule has 176 valence electrons. The zero-order chi connectivity index (χ0) is 24.2. The fourth-order valence-electron chi connectivity index (χ4n) is 4.45. The lowest BCUT2D eigenvalue weighted by Crippen LogP contribution is -2.62. The third kappa shape index (κ3) is 6.46. The summed E-state index contributed by atoms with van der Waals surface area (Å²) in [4.78, 5) is 12.9. The molecule has 0 unspecified atom stereocenters. The Kier molecular flexibility index (Phi) is 7.29. The van der Waals surface area contributed by atoms with Crippen LogP contribution < -0.4 is 26.6 Å². The van der Waals surface area contributed by atoms with Gasteiger partial charge in [0.25, 0.3) is 5.91 Å². The quantitative estimate of drug-likeness (QED) is 0.277. The van der Waals surface area contributed by atoms with Crippen molar-refractivity contribution in [3.63, 3.8) is 0 Å². The zero-order valence-electron chi connectivity index (χ0n) is 19.4. The van der Waals surface area contributed by atoms with Crippen molar-refractivity contribution in [2.75, 3.05) is 0 Å². The van der Waals surface area contributed by atoms with Gasteiger partial charge in [0.15, 0.2) is 5.84 Å². The molecular formula is C24H31ClN6O2. The van der Waals surface area contributed by atoms with E-state index in [1.165, 1.54) is 0 Å². The minimum absolute atomic E-state index is 0.0613. The third-order valence-electron chi connectivity index (χ3n) is 5.34. The summed E-state index contributed by atoms with van der Waals surface area (Å²) in [5.41, 5.74) is 9.25. The number of piperidine rings is 1. The highest BCUT2D eigenvalue weighted by atomic mass is 35.5.